The number of nitrogens with zero attached hydrogens (tertiary/aromatic N) is 4. The number of para-hydroxylation sites is 1. The third kappa shape index (κ3) is 2.87. The molecule has 0 spiro atoms. The highest BCUT2D eigenvalue weighted by atomic mass is 19.1. The van der Waals surface area contributed by atoms with E-state index in [9.17, 15) is 9.18 Å². The van der Waals surface area contributed by atoms with Crippen LogP contribution in [0.4, 0.5) is 4.39 Å². The average Bonchev–Trinajstić information content (AvgIpc) is 3.25. The molecule has 0 fully saturated rings. The van der Waals surface area contributed by atoms with Crippen molar-refractivity contribution in [1.82, 2.24) is 19.7 Å². The largest absolute Gasteiger partial charge is 0.336 e. The molecular formula is C20H19FN4O. The van der Waals surface area contributed by atoms with Crippen LogP contribution in [0, 0.1) is 5.82 Å². The van der Waals surface area contributed by atoms with Crippen molar-refractivity contribution in [2.75, 3.05) is 7.05 Å². The average molecular weight is 350 g/mol. The lowest BCUT2D eigenvalue weighted by molar-refractivity contribution is 0.0777. The van der Waals surface area contributed by atoms with Crippen LogP contribution in [0.15, 0.2) is 48.8 Å². The van der Waals surface area contributed by atoms with Gasteiger partial charge >= 0.3 is 0 Å². The van der Waals surface area contributed by atoms with E-state index in [1.165, 1.54) is 6.07 Å². The lowest BCUT2D eigenvalue weighted by Gasteiger charge is -2.16. The fraction of sp³-hybridized carbons (Fsp3) is 0.250. The van der Waals surface area contributed by atoms with E-state index in [4.69, 9.17) is 0 Å². The van der Waals surface area contributed by atoms with E-state index in [0.717, 1.165) is 36.1 Å². The van der Waals surface area contributed by atoms with Crippen LogP contribution >= 0.6 is 0 Å². The molecule has 1 aromatic carbocycles. The maximum Gasteiger partial charge on any atom is 0.274 e. The molecule has 0 bridgehead atoms. The van der Waals surface area contributed by atoms with Crippen molar-refractivity contribution in [3.05, 3.63) is 77.1 Å². The van der Waals surface area contributed by atoms with Crippen molar-refractivity contribution in [3.8, 4) is 5.69 Å². The van der Waals surface area contributed by atoms with Crippen LogP contribution in [-0.2, 0) is 19.4 Å². The zero-order valence-electron chi connectivity index (χ0n) is 14.5. The van der Waals surface area contributed by atoms with E-state index in [1.54, 1.807) is 47.2 Å². The van der Waals surface area contributed by atoms with Crippen LogP contribution in [-0.4, -0.2) is 32.6 Å². The van der Waals surface area contributed by atoms with Gasteiger partial charge in [0.2, 0.25) is 0 Å². The lowest BCUT2D eigenvalue weighted by atomic mass is 10.1. The second kappa shape index (κ2) is 6.71. The zero-order chi connectivity index (χ0) is 18.1. The van der Waals surface area contributed by atoms with E-state index < -0.39 is 0 Å². The first-order valence-corrected chi connectivity index (χ1v) is 8.65. The Hall–Kier alpha value is -3.02. The Bertz CT molecular complexity index is 952. The predicted octanol–water partition coefficient (Wildman–Crippen LogP) is 3.17. The van der Waals surface area contributed by atoms with Crippen LogP contribution in [0.25, 0.3) is 5.69 Å². The summed E-state index contributed by atoms with van der Waals surface area (Å²) >= 11 is 0. The fourth-order valence-electron chi connectivity index (χ4n) is 3.45. The first-order valence-electron chi connectivity index (χ1n) is 8.65. The number of hydrogen-bond donors (Lipinski definition) is 0. The van der Waals surface area contributed by atoms with Gasteiger partial charge in [-0.15, -0.1) is 0 Å². The van der Waals surface area contributed by atoms with Gasteiger partial charge in [0.25, 0.3) is 5.91 Å². The van der Waals surface area contributed by atoms with Crippen LogP contribution in [0.5, 0.6) is 0 Å². The van der Waals surface area contributed by atoms with Crippen molar-refractivity contribution < 1.29 is 9.18 Å². The minimum absolute atomic E-state index is 0.151. The number of pyridine rings is 1. The zero-order valence-corrected chi connectivity index (χ0v) is 14.5. The second-order valence-electron chi connectivity index (χ2n) is 6.51. The number of carbonyl (C=O) groups excluding carboxylic acids is 1. The monoisotopic (exact) mass is 350 g/mol. The van der Waals surface area contributed by atoms with Crippen molar-refractivity contribution in [2.45, 2.75) is 25.8 Å². The number of halogens is 1. The van der Waals surface area contributed by atoms with Gasteiger partial charge in [0, 0.05) is 37.2 Å². The van der Waals surface area contributed by atoms with E-state index in [2.05, 4.69) is 10.1 Å². The summed E-state index contributed by atoms with van der Waals surface area (Å²) in [5, 5.41) is 4.50. The highest BCUT2D eigenvalue weighted by Gasteiger charge is 2.29. The molecule has 0 saturated carbocycles. The number of benzene rings is 1. The fourth-order valence-corrected chi connectivity index (χ4v) is 3.45. The van der Waals surface area contributed by atoms with E-state index in [1.807, 2.05) is 12.1 Å². The molecule has 0 saturated heterocycles. The third-order valence-electron chi connectivity index (χ3n) is 4.70. The van der Waals surface area contributed by atoms with Gasteiger partial charge < -0.3 is 4.90 Å². The summed E-state index contributed by atoms with van der Waals surface area (Å²) in [6.45, 7) is 0.452. The van der Waals surface area contributed by atoms with Crippen LogP contribution in [0.2, 0.25) is 0 Å². The lowest BCUT2D eigenvalue weighted by Crippen LogP contribution is -2.27. The third-order valence-corrected chi connectivity index (χ3v) is 4.70. The van der Waals surface area contributed by atoms with Gasteiger partial charge in [-0.3, -0.25) is 9.78 Å². The maximum absolute atomic E-state index is 14.2. The van der Waals surface area contributed by atoms with Gasteiger partial charge in [0.15, 0.2) is 5.69 Å². The Morgan fingerprint density at radius 2 is 2.08 bits per heavy atom. The molecule has 1 amide bonds. The summed E-state index contributed by atoms with van der Waals surface area (Å²) in [6, 6.07) is 10.3. The maximum atomic E-state index is 14.2. The van der Waals surface area contributed by atoms with Crippen LogP contribution in [0.3, 0.4) is 0 Å². The Balaban J connectivity index is 1.68. The first-order chi connectivity index (χ1) is 12.6. The summed E-state index contributed by atoms with van der Waals surface area (Å²) in [5.41, 5.74) is 3.64. The molecule has 6 heteroatoms. The van der Waals surface area contributed by atoms with Gasteiger partial charge in [-0.1, -0.05) is 18.2 Å². The molecule has 0 unspecified atom stereocenters. The Morgan fingerprint density at radius 1 is 1.23 bits per heavy atom. The van der Waals surface area contributed by atoms with Gasteiger partial charge in [0.1, 0.15) is 11.5 Å². The number of fused-ring (bicyclic) bond motifs is 1. The quantitative estimate of drug-likeness (QED) is 0.726. The summed E-state index contributed by atoms with van der Waals surface area (Å²) < 4.78 is 15.8. The molecule has 2 aromatic heterocycles. The molecule has 0 N–H and O–H groups in total. The number of rotatable bonds is 4. The number of amides is 1. The molecule has 26 heavy (non-hydrogen) atoms. The minimum atomic E-state index is -0.340. The molecule has 5 nitrogen and oxygen atoms in total. The number of hydrogen-bond acceptors (Lipinski definition) is 3. The Kier molecular flexibility index (Phi) is 4.24. The normalized spacial score (nSPS) is 12.8. The molecule has 3 aromatic rings. The standard InChI is InChI=1S/C20H19FN4O/c1-24(13-14-6-5-11-22-12-14)20(26)19-15-7-4-10-17(15)25(23-19)18-9-3-2-8-16(18)21/h2-3,5-6,8-9,11-12H,4,7,10,13H2,1H3. The molecule has 0 aliphatic heterocycles. The highest BCUT2D eigenvalue weighted by Crippen LogP contribution is 2.29. The highest BCUT2D eigenvalue weighted by molar-refractivity contribution is 5.94. The summed E-state index contributed by atoms with van der Waals surface area (Å²) in [4.78, 5) is 18.7. The van der Waals surface area contributed by atoms with Crippen molar-refractivity contribution in [2.24, 2.45) is 0 Å². The first kappa shape index (κ1) is 16.4. The van der Waals surface area contributed by atoms with Crippen LogP contribution < -0.4 is 0 Å². The van der Waals surface area contributed by atoms with E-state index >= 15 is 0 Å². The SMILES string of the molecule is CN(Cc1cccnc1)C(=O)c1nn(-c2ccccc2F)c2c1CCC2. The van der Waals surface area contributed by atoms with Gasteiger partial charge in [-0.25, -0.2) is 9.07 Å². The van der Waals surface area contributed by atoms with Crippen molar-refractivity contribution in [1.29, 1.82) is 0 Å². The minimum Gasteiger partial charge on any atom is -0.336 e. The molecule has 1 aliphatic carbocycles. The molecule has 1 aliphatic rings. The molecule has 4 rings (SSSR count). The number of aromatic nitrogens is 3. The van der Waals surface area contributed by atoms with Crippen molar-refractivity contribution in [3.63, 3.8) is 0 Å². The van der Waals surface area contributed by atoms with Crippen molar-refractivity contribution >= 4 is 5.91 Å². The predicted molar refractivity (Wildman–Crippen MR) is 95.6 cm³/mol. The molecule has 2 heterocycles. The van der Waals surface area contributed by atoms with Gasteiger partial charge in [0.05, 0.1) is 0 Å². The Morgan fingerprint density at radius 3 is 2.85 bits per heavy atom. The Labute approximate surface area is 151 Å². The smallest absolute Gasteiger partial charge is 0.274 e. The second-order valence-corrected chi connectivity index (χ2v) is 6.51. The number of carbonyl (C=O) groups is 1. The topological polar surface area (TPSA) is 51.0 Å². The summed E-state index contributed by atoms with van der Waals surface area (Å²) in [6.07, 6.45) is 6.00. The van der Waals surface area contributed by atoms with Gasteiger partial charge in [-0.2, -0.15) is 5.10 Å². The molecular weight excluding hydrogens is 331 g/mol. The van der Waals surface area contributed by atoms with Gasteiger partial charge in [-0.05, 0) is 43.0 Å². The van der Waals surface area contributed by atoms with Crippen LogP contribution in [0.1, 0.15) is 33.7 Å². The van der Waals surface area contributed by atoms with E-state index in [-0.39, 0.29) is 11.7 Å². The molecule has 0 radical (unpaired) electrons. The summed E-state index contributed by atoms with van der Waals surface area (Å²) in [5.74, 6) is -0.491. The van der Waals surface area contributed by atoms with E-state index in [0.29, 0.717) is 17.9 Å². The molecule has 0 atom stereocenters. The summed E-state index contributed by atoms with van der Waals surface area (Å²) in [7, 11) is 1.75. The molecule has 132 valence electrons.